The number of hydrogen-bond acceptors (Lipinski definition) is 3. The standard InChI is InChI=1S/C13H10BrF2N3O/c1-17-12-4-7(2-3-18-12)13(20)19-11-5-8(14)9(15)6-10(11)16/h2-6H,1H3,(H,17,18)(H,19,20). The molecule has 0 spiro atoms. The van der Waals surface area contributed by atoms with Crippen LogP contribution in [0.1, 0.15) is 10.4 Å². The molecule has 20 heavy (non-hydrogen) atoms. The maximum atomic E-state index is 13.6. The third-order valence-electron chi connectivity index (χ3n) is 2.54. The minimum atomic E-state index is -0.845. The molecule has 2 rings (SSSR count). The Balaban J connectivity index is 2.25. The van der Waals surface area contributed by atoms with Crippen molar-refractivity contribution in [1.82, 2.24) is 4.98 Å². The zero-order valence-electron chi connectivity index (χ0n) is 10.4. The van der Waals surface area contributed by atoms with Crippen LogP contribution < -0.4 is 10.6 Å². The summed E-state index contributed by atoms with van der Waals surface area (Å²) in [5, 5.41) is 5.17. The number of halogens is 3. The SMILES string of the molecule is CNc1cc(C(=O)Nc2cc(Br)c(F)cc2F)ccn1. The summed E-state index contributed by atoms with van der Waals surface area (Å²) in [5.41, 5.74) is 0.204. The second kappa shape index (κ2) is 5.96. The Hall–Kier alpha value is -2.02. The van der Waals surface area contributed by atoms with Crippen molar-refractivity contribution in [3.8, 4) is 0 Å². The van der Waals surface area contributed by atoms with Gasteiger partial charge in [0.25, 0.3) is 5.91 Å². The fraction of sp³-hybridized carbons (Fsp3) is 0.0769. The number of nitrogens with one attached hydrogen (secondary N) is 2. The van der Waals surface area contributed by atoms with E-state index in [9.17, 15) is 13.6 Å². The normalized spacial score (nSPS) is 10.2. The van der Waals surface area contributed by atoms with E-state index in [-0.39, 0.29) is 10.2 Å². The largest absolute Gasteiger partial charge is 0.373 e. The van der Waals surface area contributed by atoms with Gasteiger partial charge in [0.05, 0.1) is 10.2 Å². The molecule has 1 heterocycles. The molecule has 0 aliphatic carbocycles. The van der Waals surface area contributed by atoms with Crippen molar-refractivity contribution >= 4 is 33.3 Å². The average molecular weight is 342 g/mol. The molecule has 0 aliphatic rings. The van der Waals surface area contributed by atoms with Crippen molar-refractivity contribution in [1.29, 1.82) is 0 Å². The molecule has 1 aromatic heterocycles. The van der Waals surface area contributed by atoms with E-state index in [0.29, 0.717) is 17.4 Å². The van der Waals surface area contributed by atoms with E-state index < -0.39 is 17.5 Å². The summed E-state index contributed by atoms with van der Waals surface area (Å²) in [5.74, 6) is -1.58. The van der Waals surface area contributed by atoms with E-state index in [1.807, 2.05) is 0 Å². The number of rotatable bonds is 3. The molecule has 0 unspecified atom stereocenters. The van der Waals surface area contributed by atoms with Gasteiger partial charge in [-0.3, -0.25) is 4.79 Å². The van der Waals surface area contributed by atoms with Gasteiger partial charge in [-0.2, -0.15) is 0 Å². The summed E-state index contributed by atoms with van der Waals surface area (Å²) < 4.78 is 26.7. The monoisotopic (exact) mass is 341 g/mol. The highest BCUT2D eigenvalue weighted by Crippen LogP contribution is 2.24. The first kappa shape index (κ1) is 14.4. The molecule has 0 bridgehead atoms. The smallest absolute Gasteiger partial charge is 0.255 e. The topological polar surface area (TPSA) is 54.0 Å². The molecular formula is C13H10BrF2N3O. The second-order valence-electron chi connectivity index (χ2n) is 3.88. The average Bonchev–Trinajstić information content (AvgIpc) is 2.44. The van der Waals surface area contributed by atoms with Crippen LogP contribution in [-0.2, 0) is 0 Å². The van der Waals surface area contributed by atoms with Gasteiger partial charge in [-0.05, 0) is 34.1 Å². The number of nitrogens with zero attached hydrogens (tertiary/aromatic N) is 1. The fourth-order valence-corrected chi connectivity index (χ4v) is 1.86. The van der Waals surface area contributed by atoms with E-state index in [1.165, 1.54) is 24.4 Å². The molecule has 0 radical (unpaired) electrons. The molecular weight excluding hydrogens is 332 g/mol. The third kappa shape index (κ3) is 3.11. The van der Waals surface area contributed by atoms with E-state index in [1.54, 1.807) is 7.05 Å². The lowest BCUT2D eigenvalue weighted by Gasteiger charge is -2.08. The molecule has 2 N–H and O–H groups in total. The van der Waals surface area contributed by atoms with Crippen molar-refractivity contribution in [2.45, 2.75) is 0 Å². The molecule has 4 nitrogen and oxygen atoms in total. The maximum absolute atomic E-state index is 13.6. The number of hydrogen-bond donors (Lipinski definition) is 2. The summed E-state index contributed by atoms with van der Waals surface area (Å²) in [4.78, 5) is 16.0. The van der Waals surface area contributed by atoms with E-state index in [4.69, 9.17) is 0 Å². The van der Waals surface area contributed by atoms with Gasteiger partial charge in [0.15, 0.2) is 0 Å². The minimum absolute atomic E-state index is 0.0693. The van der Waals surface area contributed by atoms with Gasteiger partial charge in [0, 0.05) is 24.9 Å². The molecule has 1 aromatic carbocycles. The summed E-state index contributed by atoms with van der Waals surface area (Å²) in [6, 6.07) is 4.88. The Morgan fingerprint density at radius 2 is 2.00 bits per heavy atom. The lowest BCUT2D eigenvalue weighted by molar-refractivity contribution is 0.102. The summed E-state index contributed by atoms with van der Waals surface area (Å²) >= 11 is 2.94. The Morgan fingerprint density at radius 3 is 2.70 bits per heavy atom. The number of anilines is 2. The number of pyridine rings is 1. The second-order valence-corrected chi connectivity index (χ2v) is 4.73. The molecule has 0 saturated carbocycles. The number of carbonyl (C=O) groups excluding carboxylic acids is 1. The van der Waals surface area contributed by atoms with Crippen LogP contribution in [0.5, 0.6) is 0 Å². The van der Waals surface area contributed by atoms with Crippen LogP contribution in [0.3, 0.4) is 0 Å². The van der Waals surface area contributed by atoms with Crippen molar-refractivity contribution in [2.75, 3.05) is 17.7 Å². The summed E-state index contributed by atoms with van der Waals surface area (Å²) in [7, 11) is 1.67. The first-order chi connectivity index (χ1) is 9.51. The van der Waals surface area contributed by atoms with Crippen molar-refractivity contribution in [2.24, 2.45) is 0 Å². The predicted octanol–water partition coefficient (Wildman–Crippen LogP) is 3.42. The van der Waals surface area contributed by atoms with E-state index in [0.717, 1.165) is 0 Å². The van der Waals surface area contributed by atoms with Crippen LogP contribution in [0.4, 0.5) is 20.3 Å². The molecule has 104 valence electrons. The number of amides is 1. The first-order valence-corrected chi connectivity index (χ1v) is 6.40. The Bertz CT molecular complexity index is 664. The summed E-state index contributed by atoms with van der Waals surface area (Å²) in [6.07, 6.45) is 1.46. The zero-order chi connectivity index (χ0) is 14.7. The maximum Gasteiger partial charge on any atom is 0.255 e. The molecule has 7 heteroatoms. The molecule has 0 saturated heterocycles. The molecule has 2 aromatic rings. The van der Waals surface area contributed by atoms with Crippen LogP contribution in [-0.4, -0.2) is 17.9 Å². The van der Waals surface area contributed by atoms with Gasteiger partial charge in [-0.25, -0.2) is 13.8 Å². The van der Waals surface area contributed by atoms with Crippen LogP contribution in [0, 0.1) is 11.6 Å². The van der Waals surface area contributed by atoms with Crippen LogP contribution in [0.25, 0.3) is 0 Å². The predicted molar refractivity (Wildman–Crippen MR) is 75.8 cm³/mol. The van der Waals surface area contributed by atoms with E-state index >= 15 is 0 Å². The molecule has 1 amide bonds. The zero-order valence-corrected chi connectivity index (χ0v) is 12.0. The Morgan fingerprint density at radius 1 is 1.25 bits per heavy atom. The number of benzene rings is 1. The fourth-order valence-electron chi connectivity index (χ4n) is 1.52. The van der Waals surface area contributed by atoms with Gasteiger partial charge in [-0.1, -0.05) is 0 Å². The van der Waals surface area contributed by atoms with Crippen LogP contribution >= 0.6 is 15.9 Å². The van der Waals surface area contributed by atoms with E-state index in [2.05, 4.69) is 31.5 Å². The van der Waals surface area contributed by atoms with Gasteiger partial charge in [0.2, 0.25) is 0 Å². The van der Waals surface area contributed by atoms with Gasteiger partial charge < -0.3 is 10.6 Å². The van der Waals surface area contributed by atoms with Crippen molar-refractivity contribution < 1.29 is 13.6 Å². The highest BCUT2D eigenvalue weighted by Gasteiger charge is 2.13. The highest BCUT2D eigenvalue weighted by atomic mass is 79.9. The summed E-state index contributed by atoms with van der Waals surface area (Å²) in [6.45, 7) is 0. The van der Waals surface area contributed by atoms with Gasteiger partial charge in [0.1, 0.15) is 17.5 Å². The molecule has 0 aliphatic heterocycles. The molecule has 0 fully saturated rings. The van der Waals surface area contributed by atoms with Crippen LogP contribution in [0.15, 0.2) is 34.9 Å². The first-order valence-electron chi connectivity index (χ1n) is 5.61. The number of aromatic nitrogens is 1. The van der Waals surface area contributed by atoms with Gasteiger partial charge >= 0.3 is 0 Å². The molecule has 0 atom stereocenters. The lowest BCUT2D eigenvalue weighted by atomic mass is 10.2. The third-order valence-corrected chi connectivity index (χ3v) is 3.14. The quantitative estimate of drug-likeness (QED) is 0.841. The Kier molecular flexibility index (Phi) is 4.29. The minimum Gasteiger partial charge on any atom is -0.373 e. The Labute approximate surface area is 122 Å². The number of carbonyl (C=O) groups is 1. The van der Waals surface area contributed by atoms with Crippen LogP contribution in [0.2, 0.25) is 0 Å². The van der Waals surface area contributed by atoms with Gasteiger partial charge in [-0.15, -0.1) is 0 Å². The highest BCUT2D eigenvalue weighted by molar-refractivity contribution is 9.10. The van der Waals surface area contributed by atoms with Crippen molar-refractivity contribution in [3.63, 3.8) is 0 Å². The van der Waals surface area contributed by atoms with Crippen molar-refractivity contribution in [3.05, 3.63) is 52.1 Å². The lowest BCUT2D eigenvalue weighted by Crippen LogP contribution is -2.13.